The van der Waals surface area contributed by atoms with E-state index in [1.165, 1.54) is 12.0 Å². The Labute approximate surface area is 86.8 Å². The van der Waals surface area contributed by atoms with Gasteiger partial charge in [0.05, 0.1) is 0 Å². The van der Waals surface area contributed by atoms with Crippen molar-refractivity contribution in [2.45, 2.75) is 45.7 Å². The molecule has 1 aromatic rings. The number of rotatable bonds is 5. The number of aromatic nitrogens is 1. The molecule has 0 radical (unpaired) electrons. The summed E-state index contributed by atoms with van der Waals surface area (Å²) in [5.41, 5.74) is 1.34. The molecule has 1 heterocycles. The van der Waals surface area contributed by atoms with Crippen LogP contribution in [0, 0.1) is 0 Å². The van der Waals surface area contributed by atoms with E-state index in [-0.39, 0.29) is 0 Å². The highest BCUT2D eigenvalue weighted by Gasteiger charge is 2.10. The molecule has 0 fully saturated rings. The molecule has 0 bridgehead atoms. The molecule has 2 heteroatoms. The Morgan fingerprint density at radius 1 is 1.21 bits per heavy atom. The summed E-state index contributed by atoms with van der Waals surface area (Å²) in [7, 11) is 0. The maximum absolute atomic E-state index is 4.03. The van der Waals surface area contributed by atoms with Gasteiger partial charge in [-0.15, -0.1) is 0 Å². The summed E-state index contributed by atoms with van der Waals surface area (Å²) in [5.74, 6) is 0. The van der Waals surface area contributed by atoms with Crippen LogP contribution < -0.4 is 5.32 Å². The van der Waals surface area contributed by atoms with E-state index in [0.29, 0.717) is 12.1 Å². The molecule has 0 aliphatic heterocycles. The molecule has 0 aliphatic carbocycles. The normalized spacial score (nSPS) is 15.1. The van der Waals surface area contributed by atoms with Gasteiger partial charge in [0.15, 0.2) is 0 Å². The molecule has 1 rings (SSSR count). The molecule has 0 aliphatic rings. The maximum atomic E-state index is 4.03. The second-order valence-corrected chi connectivity index (χ2v) is 3.72. The zero-order valence-corrected chi connectivity index (χ0v) is 9.33. The van der Waals surface area contributed by atoms with Gasteiger partial charge in [-0.3, -0.25) is 4.98 Å². The van der Waals surface area contributed by atoms with E-state index in [4.69, 9.17) is 0 Å². The Hall–Kier alpha value is -0.890. The minimum atomic E-state index is 0.466. The molecule has 78 valence electrons. The zero-order chi connectivity index (χ0) is 10.4. The topological polar surface area (TPSA) is 24.9 Å². The predicted molar refractivity (Wildman–Crippen MR) is 60.2 cm³/mol. The summed E-state index contributed by atoms with van der Waals surface area (Å²) >= 11 is 0. The fourth-order valence-corrected chi connectivity index (χ4v) is 1.51. The molecule has 2 unspecified atom stereocenters. The number of pyridine rings is 1. The Bertz CT molecular complexity index is 246. The van der Waals surface area contributed by atoms with Gasteiger partial charge in [0, 0.05) is 24.5 Å². The summed E-state index contributed by atoms with van der Waals surface area (Å²) in [6.45, 7) is 6.64. The van der Waals surface area contributed by atoms with Gasteiger partial charge in [-0.05, 0) is 37.5 Å². The van der Waals surface area contributed by atoms with Crippen molar-refractivity contribution < 1.29 is 0 Å². The molecule has 2 nitrogen and oxygen atoms in total. The van der Waals surface area contributed by atoms with E-state index in [1.807, 2.05) is 12.4 Å². The summed E-state index contributed by atoms with van der Waals surface area (Å²) in [6, 6.07) is 5.22. The predicted octanol–water partition coefficient (Wildman–Crippen LogP) is 2.92. The average molecular weight is 192 g/mol. The third-order valence-corrected chi connectivity index (χ3v) is 2.61. The van der Waals surface area contributed by atoms with Gasteiger partial charge < -0.3 is 5.32 Å². The van der Waals surface area contributed by atoms with Crippen LogP contribution in [0.5, 0.6) is 0 Å². The third-order valence-electron chi connectivity index (χ3n) is 2.61. The lowest BCUT2D eigenvalue weighted by molar-refractivity contribution is 0.437. The van der Waals surface area contributed by atoms with E-state index >= 15 is 0 Å². The minimum absolute atomic E-state index is 0.466. The first-order valence-corrected chi connectivity index (χ1v) is 5.43. The molecular weight excluding hydrogens is 172 g/mol. The second kappa shape index (κ2) is 5.76. The molecule has 0 spiro atoms. The second-order valence-electron chi connectivity index (χ2n) is 3.72. The highest BCUT2D eigenvalue weighted by molar-refractivity contribution is 5.14. The van der Waals surface area contributed by atoms with E-state index in [9.17, 15) is 0 Å². The van der Waals surface area contributed by atoms with Crippen LogP contribution in [0.25, 0.3) is 0 Å². The molecule has 0 saturated carbocycles. The summed E-state index contributed by atoms with van der Waals surface area (Å²) in [6.07, 6.45) is 6.00. The smallest absolute Gasteiger partial charge is 0.0321 e. The quantitative estimate of drug-likeness (QED) is 0.776. The molecule has 0 aromatic carbocycles. The zero-order valence-electron chi connectivity index (χ0n) is 9.33. The monoisotopic (exact) mass is 192 g/mol. The number of nitrogens with zero attached hydrogens (tertiary/aromatic N) is 1. The lowest BCUT2D eigenvalue weighted by Gasteiger charge is -2.21. The first-order chi connectivity index (χ1) is 6.77. The fraction of sp³-hybridized carbons (Fsp3) is 0.583. The first kappa shape index (κ1) is 11.2. The Balaban J connectivity index is 2.63. The minimum Gasteiger partial charge on any atom is -0.307 e. The largest absolute Gasteiger partial charge is 0.307 e. The standard InChI is InChI=1S/C12H20N2/c1-4-10(3)14-12(5-2)11-6-8-13-9-7-11/h6-10,12,14H,4-5H2,1-3H3. The van der Waals surface area contributed by atoms with Crippen molar-refractivity contribution in [3.8, 4) is 0 Å². The molecular formula is C12H20N2. The molecule has 0 amide bonds. The van der Waals surface area contributed by atoms with E-state index in [2.05, 4.69) is 43.2 Å². The number of hydrogen-bond donors (Lipinski definition) is 1. The Morgan fingerprint density at radius 3 is 2.36 bits per heavy atom. The highest BCUT2D eigenvalue weighted by Crippen LogP contribution is 2.16. The Morgan fingerprint density at radius 2 is 1.86 bits per heavy atom. The molecule has 2 atom stereocenters. The van der Waals surface area contributed by atoms with Gasteiger partial charge in [-0.2, -0.15) is 0 Å². The molecule has 1 N–H and O–H groups in total. The maximum Gasteiger partial charge on any atom is 0.0321 e. The van der Waals surface area contributed by atoms with Crippen molar-refractivity contribution in [1.82, 2.24) is 10.3 Å². The van der Waals surface area contributed by atoms with Gasteiger partial charge in [-0.1, -0.05) is 13.8 Å². The van der Waals surface area contributed by atoms with Crippen LogP contribution in [-0.4, -0.2) is 11.0 Å². The molecule has 0 saturated heterocycles. The van der Waals surface area contributed by atoms with Crippen LogP contribution in [0.4, 0.5) is 0 Å². The van der Waals surface area contributed by atoms with Gasteiger partial charge in [0.25, 0.3) is 0 Å². The first-order valence-electron chi connectivity index (χ1n) is 5.43. The van der Waals surface area contributed by atoms with Crippen molar-refractivity contribution in [2.75, 3.05) is 0 Å². The highest BCUT2D eigenvalue weighted by atomic mass is 14.9. The number of hydrogen-bond acceptors (Lipinski definition) is 2. The lowest BCUT2D eigenvalue weighted by atomic mass is 10.0. The SMILES string of the molecule is CCC(C)NC(CC)c1ccncc1. The fourth-order valence-electron chi connectivity index (χ4n) is 1.51. The van der Waals surface area contributed by atoms with Crippen LogP contribution in [-0.2, 0) is 0 Å². The molecule has 1 aromatic heterocycles. The van der Waals surface area contributed by atoms with Crippen molar-refractivity contribution in [1.29, 1.82) is 0 Å². The van der Waals surface area contributed by atoms with Crippen LogP contribution >= 0.6 is 0 Å². The van der Waals surface area contributed by atoms with E-state index in [1.54, 1.807) is 0 Å². The Kier molecular flexibility index (Phi) is 4.60. The third kappa shape index (κ3) is 3.11. The number of nitrogens with one attached hydrogen (secondary N) is 1. The van der Waals surface area contributed by atoms with Crippen molar-refractivity contribution in [3.05, 3.63) is 30.1 Å². The van der Waals surface area contributed by atoms with E-state index < -0.39 is 0 Å². The van der Waals surface area contributed by atoms with Crippen molar-refractivity contribution >= 4 is 0 Å². The van der Waals surface area contributed by atoms with Crippen LogP contribution in [0.3, 0.4) is 0 Å². The van der Waals surface area contributed by atoms with Crippen molar-refractivity contribution in [2.24, 2.45) is 0 Å². The summed E-state index contributed by atoms with van der Waals surface area (Å²) in [4.78, 5) is 4.03. The van der Waals surface area contributed by atoms with Crippen LogP contribution in [0.1, 0.15) is 45.2 Å². The summed E-state index contributed by atoms with van der Waals surface area (Å²) in [5, 5.41) is 3.60. The van der Waals surface area contributed by atoms with Gasteiger partial charge >= 0.3 is 0 Å². The lowest BCUT2D eigenvalue weighted by Crippen LogP contribution is -2.29. The van der Waals surface area contributed by atoms with E-state index in [0.717, 1.165) is 6.42 Å². The van der Waals surface area contributed by atoms with Gasteiger partial charge in [0.2, 0.25) is 0 Å². The van der Waals surface area contributed by atoms with Gasteiger partial charge in [0.1, 0.15) is 0 Å². The molecule has 14 heavy (non-hydrogen) atoms. The van der Waals surface area contributed by atoms with Crippen LogP contribution in [0.15, 0.2) is 24.5 Å². The summed E-state index contributed by atoms with van der Waals surface area (Å²) < 4.78 is 0. The van der Waals surface area contributed by atoms with Crippen molar-refractivity contribution in [3.63, 3.8) is 0 Å². The average Bonchev–Trinajstić information content (AvgIpc) is 2.26. The van der Waals surface area contributed by atoms with Gasteiger partial charge in [-0.25, -0.2) is 0 Å². The van der Waals surface area contributed by atoms with Crippen LogP contribution in [0.2, 0.25) is 0 Å².